The molecule has 0 aliphatic rings. The summed E-state index contributed by atoms with van der Waals surface area (Å²) in [6, 6.07) is 12.3. The van der Waals surface area contributed by atoms with E-state index in [-0.39, 0.29) is 18.0 Å². The molecular weight excluding hydrogens is 290 g/mol. The Morgan fingerprint density at radius 1 is 1.19 bits per heavy atom. The first-order chi connectivity index (χ1) is 10.1. The van der Waals surface area contributed by atoms with Gasteiger partial charge in [0.15, 0.2) is 5.75 Å². The number of nitro benzene ring substituents is 1. The highest BCUT2D eigenvalue weighted by Crippen LogP contribution is 2.35. The quantitative estimate of drug-likeness (QED) is 0.651. The third-order valence-electron chi connectivity index (χ3n) is 2.77. The summed E-state index contributed by atoms with van der Waals surface area (Å²) < 4.78 is 5.33. The Kier molecular flexibility index (Phi) is 5.19. The van der Waals surface area contributed by atoms with E-state index in [1.54, 1.807) is 19.1 Å². The summed E-state index contributed by atoms with van der Waals surface area (Å²) in [4.78, 5) is 12.3. The van der Waals surface area contributed by atoms with Crippen LogP contribution in [0.1, 0.15) is 12.5 Å². The van der Waals surface area contributed by atoms with E-state index < -0.39 is 4.92 Å². The summed E-state index contributed by atoms with van der Waals surface area (Å²) in [6.07, 6.45) is 0. The van der Waals surface area contributed by atoms with Gasteiger partial charge in [-0.25, -0.2) is 0 Å². The van der Waals surface area contributed by atoms with Crippen LogP contribution in [-0.2, 0) is 6.61 Å². The molecule has 0 aromatic heterocycles. The zero-order chi connectivity index (χ0) is 15.2. The van der Waals surface area contributed by atoms with Gasteiger partial charge in [0.05, 0.1) is 18.1 Å². The maximum Gasteiger partial charge on any atom is 0.310 e. The molecule has 0 aliphatic heterocycles. The highest BCUT2D eigenvalue weighted by atomic mass is 32.2. The summed E-state index contributed by atoms with van der Waals surface area (Å²) in [6.45, 7) is 2.17. The van der Waals surface area contributed by atoms with Gasteiger partial charge in [-0.05, 0) is 30.7 Å². The van der Waals surface area contributed by atoms with Crippen LogP contribution < -0.4 is 4.74 Å². The molecule has 21 heavy (non-hydrogen) atoms. The fraction of sp³-hybridized carbons (Fsp3) is 0.200. The first kappa shape index (κ1) is 15.3. The van der Waals surface area contributed by atoms with Crippen LogP contribution in [0.15, 0.2) is 52.3 Å². The van der Waals surface area contributed by atoms with Gasteiger partial charge in [-0.3, -0.25) is 10.1 Å². The molecule has 0 amide bonds. The number of aliphatic hydroxyl groups excluding tert-OH is 1. The SMILES string of the molecule is CCOc1cc(Sc2ccc(CO)cc2)ccc1[N+](=O)[O-]. The lowest BCUT2D eigenvalue weighted by Gasteiger charge is -2.07. The van der Waals surface area contributed by atoms with E-state index in [4.69, 9.17) is 9.84 Å². The molecule has 5 nitrogen and oxygen atoms in total. The molecule has 0 unspecified atom stereocenters. The number of benzene rings is 2. The second-order valence-electron chi connectivity index (χ2n) is 4.22. The molecule has 0 saturated heterocycles. The summed E-state index contributed by atoms with van der Waals surface area (Å²) >= 11 is 1.48. The van der Waals surface area contributed by atoms with E-state index in [1.807, 2.05) is 24.3 Å². The highest BCUT2D eigenvalue weighted by Gasteiger charge is 2.15. The minimum Gasteiger partial charge on any atom is -0.487 e. The summed E-state index contributed by atoms with van der Waals surface area (Å²) in [7, 11) is 0. The molecule has 2 aromatic rings. The average Bonchev–Trinajstić information content (AvgIpc) is 2.48. The fourth-order valence-electron chi connectivity index (χ4n) is 1.78. The second-order valence-corrected chi connectivity index (χ2v) is 5.37. The standard InChI is InChI=1S/C15H15NO4S/c1-2-20-15-9-13(7-8-14(15)16(18)19)21-12-5-3-11(10-17)4-6-12/h3-9,17H,2,10H2,1H3. The van der Waals surface area contributed by atoms with Crippen LogP contribution in [0.3, 0.4) is 0 Å². The largest absolute Gasteiger partial charge is 0.487 e. The predicted octanol–water partition coefficient (Wildman–Crippen LogP) is 3.64. The van der Waals surface area contributed by atoms with Crippen molar-refractivity contribution in [2.24, 2.45) is 0 Å². The minimum atomic E-state index is -0.449. The van der Waals surface area contributed by atoms with E-state index in [0.29, 0.717) is 6.61 Å². The van der Waals surface area contributed by atoms with Crippen LogP contribution >= 0.6 is 11.8 Å². The first-order valence-electron chi connectivity index (χ1n) is 6.43. The van der Waals surface area contributed by atoms with Gasteiger partial charge in [-0.2, -0.15) is 0 Å². The van der Waals surface area contributed by atoms with Crippen LogP contribution in [0.5, 0.6) is 5.75 Å². The van der Waals surface area contributed by atoms with Crippen molar-refractivity contribution in [3.8, 4) is 5.75 Å². The molecule has 6 heteroatoms. The molecule has 0 radical (unpaired) electrons. The van der Waals surface area contributed by atoms with Gasteiger partial charge >= 0.3 is 5.69 Å². The smallest absolute Gasteiger partial charge is 0.310 e. The maximum atomic E-state index is 10.9. The number of aliphatic hydroxyl groups is 1. The number of hydrogen-bond donors (Lipinski definition) is 1. The van der Waals surface area contributed by atoms with E-state index in [2.05, 4.69) is 0 Å². The Morgan fingerprint density at radius 2 is 1.86 bits per heavy atom. The van der Waals surface area contributed by atoms with Crippen molar-refractivity contribution in [1.82, 2.24) is 0 Å². The molecule has 2 aromatic carbocycles. The number of nitro groups is 1. The number of rotatable bonds is 6. The van der Waals surface area contributed by atoms with Gasteiger partial charge in [0.1, 0.15) is 0 Å². The lowest BCUT2D eigenvalue weighted by Crippen LogP contribution is -1.97. The molecule has 0 fully saturated rings. The highest BCUT2D eigenvalue weighted by molar-refractivity contribution is 7.99. The maximum absolute atomic E-state index is 10.9. The van der Waals surface area contributed by atoms with E-state index in [9.17, 15) is 10.1 Å². The number of hydrogen-bond acceptors (Lipinski definition) is 5. The zero-order valence-electron chi connectivity index (χ0n) is 11.5. The number of nitrogens with zero attached hydrogens (tertiary/aromatic N) is 1. The lowest BCUT2D eigenvalue weighted by atomic mass is 10.2. The van der Waals surface area contributed by atoms with E-state index in [1.165, 1.54) is 17.8 Å². The Bertz CT molecular complexity index is 628. The predicted molar refractivity (Wildman–Crippen MR) is 80.8 cm³/mol. The van der Waals surface area contributed by atoms with Crippen molar-refractivity contribution < 1.29 is 14.8 Å². The second kappa shape index (κ2) is 7.10. The Labute approximate surface area is 126 Å². The van der Waals surface area contributed by atoms with Crippen molar-refractivity contribution in [3.63, 3.8) is 0 Å². The van der Waals surface area contributed by atoms with Crippen LogP contribution in [0.25, 0.3) is 0 Å². The summed E-state index contributed by atoms with van der Waals surface area (Å²) in [5, 5.41) is 19.9. The summed E-state index contributed by atoms with van der Waals surface area (Å²) in [5.74, 6) is 0.277. The van der Waals surface area contributed by atoms with Gasteiger partial charge in [-0.1, -0.05) is 23.9 Å². The van der Waals surface area contributed by atoms with Gasteiger partial charge in [0.2, 0.25) is 0 Å². The summed E-state index contributed by atoms with van der Waals surface area (Å²) in [5.41, 5.74) is 0.815. The van der Waals surface area contributed by atoms with Crippen molar-refractivity contribution in [2.75, 3.05) is 6.61 Å². The van der Waals surface area contributed by atoms with Gasteiger partial charge < -0.3 is 9.84 Å². The molecule has 0 heterocycles. The normalized spacial score (nSPS) is 10.4. The first-order valence-corrected chi connectivity index (χ1v) is 7.24. The van der Waals surface area contributed by atoms with Gasteiger partial charge in [0, 0.05) is 21.9 Å². The average molecular weight is 305 g/mol. The molecule has 0 bridgehead atoms. The fourth-order valence-corrected chi connectivity index (χ4v) is 2.63. The van der Waals surface area contributed by atoms with Crippen molar-refractivity contribution in [1.29, 1.82) is 0 Å². The number of ether oxygens (including phenoxy) is 1. The molecule has 1 N–H and O–H groups in total. The lowest BCUT2D eigenvalue weighted by molar-refractivity contribution is -0.385. The molecule has 0 spiro atoms. The van der Waals surface area contributed by atoms with Crippen LogP contribution in [-0.4, -0.2) is 16.6 Å². The molecule has 0 saturated carbocycles. The third kappa shape index (κ3) is 3.96. The Balaban J connectivity index is 2.23. The van der Waals surface area contributed by atoms with E-state index >= 15 is 0 Å². The van der Waals surface area contributed by atoms with Crippen molar-refractivity contribution in [3.05, 3.63) is 58.1 Å². The zero-order valence-corrected chi connectivity index (χ0v) is 12.3. The third-order valence-corrected chi connectivity index (χ3v) is 3.77. The van der Waals surface area contributed by atoms with Crippen LogP contribution in [0.4, 0.5) is 5.69 Å². The van der Waals surface area contributed by atoms with Crippen LogP contribution in [0, 0.1) is 10.1 Å². The van der Waals surface area contributed by atoms with Crippen molar-refractivity contribution in [2.45, 2.75) is 23.3 Å². The Hall–Kier alpha value is -2.05. The minimum absolute atomic E-state index is 0.0109. The van der Waals surface area contributed by atoms with E-state index in [0.717, 1.165) is 15.4 Å². The molecular formula is C15H15NO4S. The van der Waals surface area contributed by atoms with Gasteiger partial charge in [0.25, 0.3) is 0 Å². The molecule has 0 aliphatic carbocycles. The monoisotopic (exact) mass is 305 g/mol. The van der Waals surface area contributed by atoms with Crippen LogP contribution in [0.2, 0.25) is 0 Å². The van der Waals surface area contributed by atoms with Gasteiger partial charge in [-0.15, -0.1) is 0 Å². The topological polar surface area (TPSA) is 72.6 Å². The van der Waals surface area contributed by atoms with Crippen molar-refractivity contribution >= 4 is 17.4 Å². The molecule has 2 rings (SSSR count). The molecule has 110 valence electrons. The molecule has 0 atom stereocenters. The Morgan fingerprint density at radius 3 is 2.43 bits per heavy atom.